The van der Waals surface area contributed by atoms with Gasteiger partial charge in [0, 0.05) is 76.7 Å². The van der Waals surface area contributed by atoms with Gasteiger partial charge in [0.1, 0.15) is 18.2 Å². The second-order valence-corrected chi connectivity index (χ2v) is 14.6. The number of urea groups is 1. The summed E-state index contributed by atoms with van der Waals surface area (Å²) < 4.78 is 11.4. The molecule has 0 saturated carbocycles. The smallest absolute Gasteiger partial charge is 0.410 e. The Bertz CT molecular complexity index is 1800. The first-order chi connectivity index (χ1) is 26.0. The Kier molecular flexibility index (Phi) is 12.2. The molecule has 0 unspecified atom stereocenters. The Labute approximate surface area is 316 Å². The zero-order chi connectivity index (χ0) is 38.4. The Morgan fingerprint density at radius 3 is 2.31 bits per heavy atom. The molecule has 14 heteroatoms. The second kappa shape index (κ2) is 17.2. The third kappa shape index (κ3) is 9.22. The number of phenolic OH excluding ortho intramolecular Hbond substituents is 1. The molecule has 0 radical (unpaired) electrons. The van der Waals surface area contributed by atoms with E-state index in [4.69, 9.17) is 9.47 Å². The first-order valence-electron chi connectivity index (χ1n) is 18.7. The summed E-state index contributed by atoms with van der Waals surface area (Å²) in [6.07, 6.45) is 1.98. The number of piperazine rings is 1. The van der Waals surface area contributed by atoms with Gasteiger partial charge >= 0.3 is 18.1 Å². The minimum atomic E-state index is -1.07. The zero-order valence-corrected chi connectivity index (χ0v) is 31.6. The lowest BCUT2D eigenvalue weighted by molar-refractivity contribution is -0.141. The van der Waals surface area contributed by atoms with Crippen LogP contribution in [-0.2, 0) is 27.1 Å². The highest BCUT2D eigenvalue weighted by Crippen LogP contribution is 2.27. The Morgan fingerprint density at radius 1 is 0.944 bits per heavy atom. The number of esters is 1. The van der Waals surface area contributed by atoms with Crippen LogP contribution in [0.3, 0.4) is 0 Å². The van der Waals surface area contributed by atoms with E-state index in [0.717, 1.165) is 23.2 Å². The van der Waals surface area contributed by atoms with Gasteiger partial charge in [-0.3, -0.25) is 4.79 Å². The van der Waals surface area contributed by atoms with E-state index in [0.29, 0.717) is 94.3 Å². The molecule has 0 aliphatic carbocycles. The van der Waals surface area contributed by atoms with E-state index in [1.165, 1.54) is 6.20 Å². The minimum Gasteiger partial charge on any atom is -0.507 e. The number of fused-ring (bicyclic) bond motifs is 1. The fourth-order valence-corrected chi connectivity index (χ4v) is 7.31. The van der Waals surface area contributed by atoms with Crippen LogP contribution < -0.4 is 10.2 Å². The summed E-state index contributed by atoms with van der Waals surface area (Å²) in [6, 6.07) is 14.8. The Morgan fingerprint density at radius 2 is 1.65 bits per heavy atom. The number of pyridine rings is 1. The highest BCUT2D eigenvalue weighted by atomic mass is 16.6. The van der Waals surface area contributed by atoms with E-state index < -0.39 is 18.2 Å². The number of aromatic nitrogens is 1. The molecule has 3 aliphatic heterocycles. The number of likely N-dealkylation sites (N-methyl/N-ethyl adjacent to an activating group) is 1. The maximum Gasteiger partial charge on any atom is 0.410 e. The average Bonchev–Trinajstić information content (AvgIpc) is 3.34. The van der Waals surface area contributed by atoms with Crippen LogP contribution in [0.25, 0.3) is 0 Å². The Hall–Kier alpha value is -5.37. The van der Waals surface area contributed by atoms with E-state index in [1.54, 1.807) is 35.8 Å². The van der Waals surface area contributed by atoms with Crippen molar-refractivity contribution in [2.75, 3.05) is 83.3 Å². The van der Waals surface area contributed by atoms with Crippen LogP contribution in [0.2, 0.25) is 0 Å². The van der Waals surface area contributed by atoms with Crippen LogP contribution in [0.1, 0.15) is 45.5 Å². The summed E-state index contributed by atoms with van der Waals surface area (Å²) in [6.45, 7) is 7.72. The largest absolute Gasteiger partial charge is 0.507 e. The predicted octanol–water partition coefficient (Wildman–Crippen LogP) is 4.07. The molecule has 288 valence electrons. The molecule has 2 aromatic carbocycles. The van der Waals surface area contributed by atoms with E-state index in [2.05, 4.69) is 10.3 Å². The van der Waals surface area contributed by atoms with E-state index >= 15 is 0 Å². The third-order valence-corrected chi connectivity index (χ3v) is 10.5. The van der Waals surface area contributed by atoms with Gasteiger partial charge in [-0.1, -0.05) is 30.3 Å². The molecule has 4 amide bonds. The summed E-state index contributed by atoms with van der Waals surface area (Å²) in [4.78, 5) is 67.0. The topological polar surface area (TPSA) is 148 Å². The molecule has 2 N–H and O–H groups in total. The highest BCUT2D eigenvalue weighted by Gasteiger charge is 2.35. The number of piperidine rings is 1. The van der Waals surface area contributed by atoms with Gasteiger partial charge in [-0.05, 0) is 87.7 Å². The molecule has 3 aromatic rings. The molecule has 0 spiro atoms. The minimum absolute atomic E-state index is 0.0207. The lowest BCUT2D eigenvalue weighted by Gasteiger charge is -2.39. The maximum absolute atomic E-state index is 14.1. The molecule has 1 aromatic heterocycles. The van der Waals surface area contributed by atoms with Crippen molar-refractivity contribution in [3.05, 3.63) is 82.5 Å². The number of hydrogen-bond donors (Lipinski definition) is 2. The van der Waals surface area contributed by atoms with Crippen molar-refractivity contribution in [1.29, 1.82) is 0 Å². The van der Waals surface area contributed by atoms with Crippen molar-refractivity contribution in [1.82, 2.24) is 24.6 Å². The summed E-state index contributed by atoms with van der Waals surface area (Å²) in [7, 11) is 3.82. The molecule has 14 nitrogen and oxygen atoms in total. The molecule has 3 aliphatic rings. The number of benzene rings is 2. The normalized spacial score (nSPS) is 17.1. The van der Waals surface area contributed by atoms with Gasteiger partial charge in [-0.25, -0.2) is 19.4 Å². The first kappa shape index (κ1) is 38.4. The summed E-state index contributed by atoms with van der Waals surface area (Å²) in [5.74, 6) is 0.176. The summed E-state index contributed by atoms with van der Waals surface area (Å²) in [5.41, 5.74) is 4.45. The van der Waals surface area contributed by atoms with Gasteiger partial charge < -0.3 is 44.4 Å². The molecular weight excluding hydrogens is 690 g/mol. The molecule has 2 fully saturated rings. The molecule has 6 rings (SSSR count). The first-order valence-corrected chi connectivity index (χ1v) is 18.7. The van der Waals surface area contributed by atoms with Crippen LogP contribution >= 0.6 is 0 Å². The molecular formula is C40H51N7O7. The third-order valence-electron chi connectivity index (χ3n) is 10.5. The zero-order valence-electron chi connectivity index (χ0n) is 31.6. The summed E-state index contributed by atoms with van der Waals surface area (Å²) in [5, 5.41) is 13.4. The van der Waals surface area contributed by atoms with Crippen molar-refractivity contribution < 1.29 is 33.8 Å². The van der Waals surface area contributed by atoms with E-state index in [-0.39, 0.29) is 30.2 Å². The lowest BCUT2D eigenvalue weighted by Crippen LogP contribution is -2.54. The molecule has 54 heavy (non-hydrogen) atoms. The van der Waals surface area contributed by atoms with Crippen molar-refractivity contribution in [2.24, 2.45) is 0 Å². The second-order valence-electron chi connectivity index (χ2n) is 14.6. The standard InChI is InChI=1S/C40H51N7O7/c1-27-23-29(24-28(2)36(27)48)25-34(37(49)45-19-17-44(18-20-45)35-10-9-31(26-41-35)38(50)53-22-21-43(3)4)54-40(52)46-14-12-32(13-15-46)47-16-11-30-7-5-6-8-33(30)42-39(47)51/h5-10,23-24,26,32,34,48H,11-22,25H2,1-4H3,(H,42,51)/t34-/m1/s1. The van der Waals surface area contributed by atoms with Gasteiger partial charge in [0.2, 0.25) is 0 Å². The number of carbonyl (C=O) groups excluding carboxylic acids is 4. The monoisotopic (exact) mass is 741 g/mol. The van der Waals surface area contributed by atoms with Gasteiger partial charge in [0.05, 0.1) is 5.56 Å². The van der Waals surface area contributed by atoms with E-state index in [1.807, 2.05) is 65.2 Å². The summed E-state index contributed by atoms with van der Waals surface area (Å²) >= 11 is 0. The van der Waals surface area contributed by atoms with Gasteiger partial charge in [0.15, 0.2) is 6.10 Å². The van der Waals surface area contributed by atoms with Gasteiger partial charge in [-0.15, -0.1) is 0 Å². The number of carbonyl (C=O) groups is 4. The van der Waals surface area contributed by atoms with Gasteiger partial charge in [0.25, 0.3) is 5.91 Å². The van der Waals surface area contributed by atoms with E-state index in [9.17, 15) is 24.3 Å². The molecule has 2 saturated heterocycles. The number of phenols is 1. The van der Waals surface area contributed by atoms with Crippen LogP contribution in [-0.4, -0.2) is 139 Å². The lowest BCUT2D eigenvalue weighted by atomic mass is 10.0. The SMILES string of the molecule is Cc1cc(C[C@@H](OC(=O)N2CCC(N3CCc4ccccc4NC3=O)CC2)C(=O)N2CCN(c3ccc(C(=O)OCCN(C)C)cn3)CC2)cc(C)c1O. The number of amides is 4. The molecule has 1 atom stereocenters. The number of nitrogens with one attached hydrogen (secondary N) is 1. The van der Waals surface area contributed by atoms with Crippen molar-refractivity contribution >= 4 is 35.5 Å². The number of hydrogen-bond acceptors (Lipinski definition) is 10. The van der Waals surface area contributed by atoms with Crippen LogP contribution in [0, 0.1) is 13.8 Å². The predicted molar refractivity (Wildman–Crippen MR) is 204 cm³/mol. The number of nitrogens with zero attached hydrogens (tertiary/aromatic N) is 6. The fraction of sp³-hybridized carbons (Fsp3) is 0.475. The fourth-order valence-electron chi connectivity index (χ4n) is 7.31. The number of aromatic hydroxyl groups is 1. The number of aryl methyl sites for hydroxylation is 2. The van der Waals surface area contributed by atoms with Gasteiger partial charge in [-0.2, -0.15) is 0 Å². The van der Waals surface area contributed by atoms with Crippen molar-refractivity contribution in [3.8, 4) is 5.75 Å². The maximum atomic E-state index is 14.1. The quantitative estimate of drug-likeness (QED) is 0.292. The van der Waals surface area contributed by atoms with Crippen molar-refractivity contribution in [3.63, 3.8) is 0 Å². The molecule has 0 bridgehead atoms. The number of anilines is 2. The number of likely N-dealkylation sites (tertiary alicyclic amines) is 1. The number of para-hydroxylation sites is 1. The number of ether oxygens (including phenoxy) is 2. The Balaban J connectivity index is 1.07. The highest BCUT2D eigenvalue weighted by molar-refractivity contribution is 5.91. The average molecular weight is 742 g/mol. The van der Waals surface area contributed by atoms with Crippen molar-refractivity contribution in [2.45, 2.75) is 51.7 Å². The van der Waals surface area contributed by atoms with Crippen LogP contribution in [0.4, 0.5) is 21.1 Å². The van der Waals surface area contributed by atoms with Crippen LogP contribution in [0.5, 0.6) is 5.75 Å². The van der Waals surface area contributed by atoms with Crippen LogP contribution in [0.15, 0.2) is 54.7 Å². The number of rotatable bonds is 10. The molecule has 4 heterocycles.